The topological polar surface area (TPSA) is 67.9 Å². The van der Waals surface area contributed by atoms with Gasteiger partial charge in [-0.2, -0.15) is 0 Å². The number of hydrogen-bond acceptors (Lipinski definition) is 4. The largest absolute Gasteiger partial charge is 0.489 e. The van der Waals surface area contributed by atoms with Crippen LogP contribution in [-0.2, 0) is 22.7 Å². The Bertz CT molecular complexity index is 1070. The van der Waals surface area contributed by atoms with Crippen molar-refractivity contribution in [2.75, 3.05) is 11.4 Å². The van der Waals surface area contributed by atoms with Crippen molar-refractivity contribution in [3.05, 3.63) is 90.0 Å². The lowest BCUT2D eigenvalue weighted by Gasteiger charge is -2.32. The molecule has 6 heteroatoms. The van der Waals surface area contributed by atoms with Crippen LogP contribution in [0.5, 0.6) is 11.5 Å². The molecule has 32 heavy (non-hydrogen) atoms. The number of benzene rings is 3. The number of para-hydroxylation sites is 3. The molecule has 1 unspecified atom stereocenters. The van der Waals surface area contributed by atoms with Crippen LogP contribution in [0.2, 0.25) is 0 Å². The minimum absolute atomic E-state index is 0.106. The Hall–Kier alpha value is -3.80. The van der Waals surface area contributed by atoms with E-state index in [9.17, 15) is 9.59 Å². The minimum atomic E-state index is -0.558. The molecule has 3 aromatic rings. The highest BCUT2D eigenvalue weighted by Gasteiger charge is 2.31. The number of carbonyl (C=O) groups is 2. The summed E-state index contributed by atoms with van der Waals surface area (Å²) >= 11 is 0. The molecule has 3 aromatic carbocycles. The van der Waals surface area contributed by atoms with Crippen LogP contribution in [-0.4, -0.2) is 24.5 Å². The summed E-state index contributed by atoms with van der Waals surface area (Å²) in [6, 6.07) is 25.0. The Balaban J connectivity index is 1.25. The van der Waals surface area contributed by atoms with Crippen molar-refractivity contribution >= 4 is 17.5 Å². The maximum Gasteiger partial charge on any atom is 0.267 e. The van der Waals surface area contributed by atoms with E-state index in [2.05, 4.69) is 5.32 Å². The summed E-state index contributed by atoms with van der Waals surface area (Å²) in [4.78, 5) is 26.5. The number of hydrogen-bond donors (Lipinski definition) is 1. The first kappa shape index (κ1) is 21.4. The molecule has 2 amide bonds. The van der Waals surface area contributed by atoms with Crippen LogP contribution < -0.4 is 19.7 Å². The second-order valence-corrected chi connectivity index (χ2v) is 7.66. The van der Waals surface area contributed by atoms with Gasteiger partial charge >= 0.3 is 0 Å². The second kappa shape index (κ2) is 10.0. The van der Waals surface area contributed by atoms with Gasteiger partial charge in [0.1, 0.15) is 18.1 Å². The summed E-state index contributed by atoms with van der Waals surface area (Å²) in [5, 5.41) is 2.93. The van der Waals surface area contributed by atoms with Crippen LogP contribution in [0.15, 0.2) is 78.9 Å². The highest BCUT2D eigenvalue weighted by atomic mass is 16.5. The van der Waals surface area contributed by atoms with Crippen molar-refractivity contribution in [1.29, 1.82) is 0 Å². The summed E-state index contributed by atoms with van der Waals surface area (Å²) in [6.45, 7) is 2.96. The maximum atomic E-state index is 12.5. The third kappa shape index (κ3) is 5.27. The molecule has 1 atom stereocenters. The Kier molecular flexibility index (Phi) is 6.70. The number of nitrogens with zero attached hydrogens (tertiary/aromatic N) is 1. The highest BCUT2D eigenvalue weighted by molar-refractivity contribution is 6.00. The van der Waals surface area contributed by atoms with Gasteiger partial charge in [0.25, 0.3) is 5.91 Å². The zero-order valence-corrected chi connectivity index (χ0v) is 18.0. The standard InChI is InChI=1S/C26H26N2O4/c1-19-26(30)28(23-9-5-6-10-24(23)32-19)16-15-25(29)27-17-20-11-13-21(14-12-20)18-31-22-7-3-2-4-8-22/h2-14,19H,15-18H2,1H3,(H,27,29). The molecule has 0 aliphatic carbocycles. The molecule has 1 heterocycles. The van der Waals surface area contributed by atoms with Crippen molar-refractivity contribution < 1.29 is 19.1 Å². The van der Waals surface area contributed by atoms with E-state index in [0.29, 0.717) is 31.1 Å². The smallest absolute Gasteiger partial charge is 0.267 e. The van der Waals surface area contributed by atoms with Gasteiger partial charge < -0.3 is 19.7 Å². The predicted octanol–water partition coefficient (Wildman–Crippen LogP) is 4.09. The molecule has 1 aliphatic heterocycles. The molecule has 0 bridgehead atoms. The van der Waals surface area contributed by atoms with Gasteiger partial charge in [0, 0.05) is 19.5 Å². The van der Waals surface area contributed by atoms with E-state index in [1.54, 1.807) is 11.8 Å². The van der Waals surface area contributed by atoms with Gasteiger partial charge in [-0.05, 0) is 42.3 Å². The quantitative estimate of drug-likeness (QED) is 0.585. The van der Waals surface area contributed by atoms with Crippen molar-refractivity contribution in [2.45, 2.75) is 32.6 Å². The molecule has 0 fully saturated rings. The van der Waals surface area contributed by atoms with E-state index in [4.69, 9.17) is 9.47 Å². The number of amides is 2. The Morgan fingerprint density at radius 3 is 2.44 bits per heavy atom. The summed E-state index contributed by atoms with van der Waals surface area (Å²) in [7, 11) is 0. The summed E-state index contributed by atoms with van der Waals surface area (Å²) in [5.41, 5.74) is 2.77. The van der Waals surface area contributed by atoms with Crippen LogP contribution in [0.4, 0.5) is 5.69 Å². The van der Waals surface area contributed by atoms with Gasteiger partial charge in [0.05, 0.1) is 5.69 Å². The molecular weight excluding hydrogens is 404 g/mol. The molecule has 1 N–H and O–H groups in total. The van der Waals surface area contributed by atoms with Crippen molar-refractivity contribution in [2.24, 2.45) is 0 Å². The lowest BCUT2D eigenvalue weighted by Crippen LogP contribution is -2.45. The normalized spacial score (nSPS) is 15.0. The molecule has 164 valence electrons. The molecule has 0 spiro atoms. The van der Waals surface area contributed by atoms with Gasteiger partial charge in [0.2, 0.25) is 5.91 Å². The van der Waals surface area contributed by atoms with Crippen molar-refractivity contribution in [3.8, 4) is 11.5 Å². The monoisotopic (exact) mass is 430 g/mol. The van der Waals surface area contributed by atoms with Crippen LogP contribution in [0.3, 0.4) is 0 Å². The Morgan fingerprint density at radius 1 is 0.969 bits per heavy atom. The zero-order valence-electron chi connectivity index (χ0n) is 18.0. The van der Waals surface area contributed by atoms with Gasteiger partial charge in [0.15, 0.2) is 6.10 Å². The Labute approximate surface area is 187 Å². The molecule has 0 aromatic heterocycles. The molecule has 4 rings (SSSR count). The number of fused-ring (bicyclic) bond motifs is 1. The van der Waals surface area contributed by atoms with E-state index in [-0.39, 0.29) is 18.2 Å². The SMILES string of the molecule is CC1Oc2ccccc2N(CCC(=O)NCc2ccc(COc3ccccc3)cc2)C1=O. The first-order valence-electron chi connectivity index (χ1n) is 10.7. The number of rotatable bonds is 8. The third-order valence-electron chi connectivity index (χ3n) is 5.30. The summed E-state index contributed by atoms with van der Waals surface area (Å²) < 4.78 is 11.4. The lowest BCUT2D eigenvalue weighted by atomic mass is 10.1. The third-order valence-corrected chi connectivity index (χ3v) is 5.30. The minimum Gasteiger partial charge on any atom is -0.489 e. The summed E-state index contributed by atoms with van der Waals surface area (Å²) in [6.07, 6.45) is -0.340. The molecule has 0 saturated carbocycles. The van der Waals surface area contributed by atoms with Gasteiger partial charge in [-0.15, -0.1) is 0 Å². The van der Waals surface area contributed by atoms with Crippen molar-refractivity contribution in [1.82, 2.24) is 5.32 Å². The molecule has 6 nitrogen and oxygen atoms in total. The van der Waals surface area contributed by atoms with E-state index in [0.717, 1.165) is 16.9 Å². The fraction of sp³-hybridized carbons (Fsp3) is 0.231. The van der Waals surface area contributed by atoms with Gasteiger partial charge in [-0.1, -0.05) is 54.6 Å². The average Bonchev–Trinajstić information content (AvgIpc) is 2.83. The Morgan fingerprint density at radius 2 is 1.66 bits per heavy atom. The fourth-order valence-electron chi connectivity index (χ4n) is 3.53. The van der Waals surface area contributed by atoms with Crippen molar-refractivity contribution in [3.63, 3.8) is 0 Å². The summed E-state index contributed by atoms with van der Waals surface area (Å²) in [5.74, 6) is 1.26. The van der Waals surface area contributed by atoms with E-state index in [1.807, 2.05) is 78.9 Å². The molecule has 1 aliphatic rings. The molecule has 0 radical (unpaired) electrons. The van der Waals surface area contributed by atoms with E-state index in [1.165, 1.54) is 0 Å². The van der Waals surface area contributed by atoms with Gasteiger partial charge in [-0.25, -0.2) is 0 Å². The zero-order chi connectivity index (χ0) is 22.3. The maximum absolute atomic E-state index is 12.5. The lowest BCUT2D eigenvalue weighted by molar-refractivity contribution is -0.125. The van der Waals surface area contributed by atoms with Crippen LogP contribution in [0.1, 0.15) is 24.5 Å². The number of nitrogens with one attached hydrogen (secondary N) is 1. The van der Waals surface area contributed by atoms with Crippen LogP contribution >= 0.6 is 0 Å². The van der Waals surface area contributed by atoms with Crippen LogP contribution in [0.25, 0.3) is 0 Å². The van der Waals surface area contributed by atoms with E-state index < -0.39 is 6.10 Å². The number of carbonyl (C=O) groups excluding carboxylic acids is 2. The number of anilines is 1. The second-order valence-electron chi connectivity index (χ2n) is 7.66. The fourth-order valence-corrected chi connectivity index (χ4v) is 3.53. The van der Waals surface area contributed by atoms with Gasteiger partial charge in [-0.3, -0.25) is 9.59 Å². The van der Waals surface area contributed by atoms with E-state index >= 15 is 0 Å². The van der Waals surface area contributed by atoms with Crippen LogP contribution in [0, 0.1) is 0 Å². The first-order chi connectivity index (χ1) is 15.6. The molecular formula is C26H26N2O4. The number of ether oxygens (including phenoxy) is 2. The highest BCUT2D eigenvalue weighted by Crippen LogP contribution is 2.33. The molecule has 0 saturated heterocycles. The first-order valence-corrected chi connectivity index (χ1v) is 10.7. The predicted molar refractivity (Wildman–Crippen MR) is 123 cm³/mol. The average molecular weight is 431 g/mol.